The molecule has 0 aliphatic rings. The van der Waals surface area contributed by atoms with Crippen molar-refractivity contribution in [2.75, 3.05) is 10.6 Å². The van der Waals surface area contributed by atoms with E-state index in [4.69, 9.17) is 21.8 Å². The summed E-state index contributed by atoms with van der Waals surface area (Å²) in [6.07, 6.45) is 2.17. The van der Waals surface area contributed by atoms with E-state index in [1.807, 2.05) is 18.2 Å². The number of nitrogens with one attached hydrogen (secondary N) is 2. The molecule has 0 atom stereocenters. The van der Waals surface area contributed by atoms with Gasteiger partial charge in [-0.05, 0) is 36.4 Å². The molecule has 1 heterocycles. The Hall–Kier alpha value is -3.32. The quantitative estimate of drug-likeness (QED) is 0.595. The van der Waals surface area contributed by atoms with Gasteiger partial charge >= 0.3 is 6.03 Å². The van der Waals surface area contributed by atoms with Crippen LogP contribution in [0.25, 0.3) is 11.3 Å². The average Bonchev–Trinajstić information content (AvgIpc) is 3.10. The Labute approximate surface area is 160 Å². The number of urea groups is 1. The minimum Gasteiger partial charge on any atom is -0.441 e. The lowest BCUT2D eigenvalue weighted by Crippen LogP contribution is -2.19. The molecule has 0 aliphatic heterocycles. The summed E-state index contributed by atoms with van der Waals surface area (Å²) in [6.45, 7) is 0. The summed E-state index contributed by atoms with van der Waals surface area (Å²) in [7, 11) is 0. The van der Waals surface area contributed by atoms with Crippen LogP contribution in [0, 0.1) is 0 Å². The number of rotatable bonds is 6. The lowest BCUT2D eigenvalue weighted by Gasteiger charge is -2.06. The van der Waals surface area contributed by atoms with Crippen molar-refractivity contribution in [1.29, 1.82) is 0 Å². The molecule has 3 amide bonds. The van der Waals surface area contributed by atoms with Crippen molar-refractivity contribution < 1.29 is 14.0 Å². The van der Waals surface area contributed by atoms with E-state index >= 15 is 0 Å². The second kappa shape index (κ2) is 8.37. The second-order valence-corrected chi connectivity index (χ2v) is 6.12. The maximum absolute atomic E-state index is 12.1. The number of oxazole rings is 1. The second-order valence-electron chi connectivity index (χ2n) is 5.71. The summed E-state index contributed by atoms with van der Waals surface area (Å²) in [5.74, 6) is 0.845. The van der Waals surface area contributed by atoms with Gasteiger partial charge in [-0.1, -0.05) is 23.7 Å². The number of amides is 3. The van der Waals surface area contributed by atoms with Crippen molar-refractivity contribution in [1.82, 2.24) is 4.98 Å². The number of anilines is 2. The van der Waals surface area contributed by atoms with Crippen LogP contribution in [0.5, 0.6) is 0 Å². The van der Waals surface area contributed by atoms with E-state index in [1.54, 1.807) is 36.5 Å². The molecule has 7 nitrogen and oxygen atoms in total. The smallest absolute Gasteiger partial charge is 0.316 e. The molecular formula is C19H17ClN4O3. The van der Waals surface area contributed by atoms with Gasteiger partial charge in [-0.15, -0.1) is 0 Å². The molecule has 3 rings (SSSR count). The predicted molar refractivity (Wildman–Crippen MR) is 104 cm³/mol. The molecule has 0 saturated carbocycles. The topological polar surface area (TPSA) is 110 Å². The molecule has 0 unspecified atom stereocenters. The molecule has 0 radical (unpaired) electrons. The zero-order valence-electron chi connectivity index (χ0n) is 14.2. The van der Waals surface area contributed by atoms with Crippen LogP contribution in [0.2, 0.25) is 5.02 Å². The van der Waals surface area contributed by atoms with Crippen molar-refractivity contribution in [3.8, 4) is 11.3 Å². The number of hydrogen-bond donors (Lipinski definition) is 3. The summed E-state index contributed by atoms with van der Waals surface area (Å²) >= 11 is 6.14. The first-order chi connectivity index (χ1) is 13.0. The van der Waals surface area contributed by atoms with E-state index in [2.05, 4.69) is 15.6 Å². The van der Waals surface area contributed by atoms with Gasteiger partial charge in [0, 0.05) is 29.8 Å². The summed E-state index contributed by atoms with van der Waals surface area (Å²) in [6, 6.07) is 13.3. The molecule has 2 aromatic carbocycles. The maximum Gasteiger partial charge on any atom is 0.316 e. The first-order valence-electron chi connectivity index (χ1n) is 8.17. The molecule has 0 saturated heterocycles. The summed E-state index contributed by atoms with van der Waals surface area (Å²) in [5, 5.41) is 5.79. The van der Waals surface area contributed by atoms with Crippen molar-refractivity contribution >= 4 is 34.9 Å². The van der Waals surface area contributed by atoms with Gasteiger partial charge in [0.15, 0.2) is 11.7 Å². The summed E-state index contributed by atoms with van der Waals surface area (Å²) in [4.78, 5) is 27.1. The molecule has 1 aromatic heterocycles. The molecule has 3 aromatic rings. The molecule has 0 spiro atoms. The molecule has 0 bridgehead atoms. The number of halogens is 1. The Kier molecular flexibility index (Phi) is 5.73. The lowest BCUT2D eigenvalue weighted by atomic mass is 10.2. The fraction of sp³-hybridized carbons (Fsp3) is 0.105. The van der Waals surface area contributed by atoms with Gasteiger partial charge in [0.25, 0.3) is 0 Å². The van der Waals surface area contributed by atoms with Crippen molar-refractivity contribution in [2.24, 2.45) is 5.73 Å². The molecular weight excluding hydrogens is 368 g/mol. The van der Waals surface area contributed by atoms with E-state index in [0.29, 0.717) is 34.5 Å². The summed E-state index contributed by atoms with van der Waals surface area (Å²) in [5.41, 5.74) is 6.96. The Morgan fingerprint density at radius 2 is 1.70 bits per heavy atom. The Balaban J connectivity index is 1.54. The van der Waals surface area contributed by atoms with Gasteiger partial charge in [0.1, 0.15) is 0 Å². The molecule has 8 heteroatoms. The monoisotopic (exact) mass is 384 g/mol. The van der Waals surface area contributed by atoms with Crippen LogP contribution >= 0.6 is 11.6 Å². The highest BCUT2D eigenvalue weighted by Crippen LogP contribution is 2.28. The van der Waals surface area contributed by atoms with Crippen LogP contribution in [0.3, 0.4) is 0 Å². The van der Waals surface area contributed by atoms with E-state index in [0.717, 1.165) is 5.56 Å². The third-order valence-electron chi connectivity index (χ3n) is 3.70. The third kappa shape index (κ3) is 5.08. The van der Waals surface area contributed by atoms with Gasteiger partial charge in [-0.25, -0.2) is 9.78 Å². The minimum atomic E-state index is -0.645. The van der Waals surface area contributed by atoms with Crippen LogP contribution in [-0.2, 0) is 11.2 Å². The van der Waals surface area contributed by atoms with Gasteiger partial charge in [-0.2, -0.15) is 0 Å². The summed E-state index contributed by atoms with van der Waals surface area (Å²) < 4.78 is 5.68. The van der Waals surface area contributed by atoms with Crippen molar-refractivity contribution in [3.05, 3.63) is 65.6 Å². The Bertz CT molecular complexity index is 954. The molecule has 27 heavy (non-hydrogen) atoms. The number of primary amides is 1. The first kappa shape index (κ1) is 18.5. The number of nitrogens with two attached hydrogens (primary N) is 1. The van der Waals surface area contributed by atoms with Crippen LogP contribution in [0.1, 0.15) is 12.3 Å². The van der Waals surface area contributed by atoms with Gasteiger partial charge < -0.3 is 20.8 Å². The average molecular weight is 385 g/mol. The molecule has 0 fully saturated rings. The fourth-order valence-electron chi connectivity index (χ4n) is 2.43. The van der Waals surface area contributed by atoms with Crippen LogP contribution in [0.4, 0.5) is 16.2 Å². The number of benzene rings is 2. The normalized spacial score (nSPS) is 10.4. The number of carbonyl (C=O) groups is 2. The first-order valence-corrected chi connectivity index (χ1v) is 8.55. The number of aryl methyl sites for hydroxylation is 1. The zero-order valence-corrected chi connectivity index (χ0v) is 15.0. The van der Waals surface area contributed by atoms with Crippen LogP contribution in [0.15, 0.2) is 59.1 Å². The van der Waals surface area contributed by atoms with Crippen LogP contribution < -0.4 is 16.4 Å². The maximum atomic E-state index is 12.1. The van der Waals surface area contributed by atoms with E-state index in [-0.39, 0.29) is 12.3 Å². The predicted octanol–water partition coefficient (Wildman–Crippen LogP) is 4.06. The molecule has 0 aliphatic carbocycles. The largest absolute Gasteiger partial charge is 0.441 e. The highest BCUT2D eigenvalue weighted by atomic mass is 35.5. The Morgan fingerprint density at radius 1 is 1.04 bits per heavy atom. The van der Waals surface area contributed by atoms with Crippen LogP contribution in [-0.4, -0.2) is 16.9 Å². The molecule has 4 N–H and O–H groups in total. The number of aromatic nitrogens is 1. The highest BCUT2D eigenvalue weighted by molar-refractivity contribution is 6.33. The molecule has 138 valence electrons. The third-order valence-corrected chi connectivity index (χ3v) is 4.02. The van der Waals surface area contributed by atoms with E-state index in [9.17, 15) is 9.59 Å². The van der Waals surface area contributed by atoms with Crippen molar-refractivity contribution in [3.63, 3.8) is 0 Å². The van der Waals surface area contributed by atoms with Gasteiger partial charge in [-0.3, -0.25) is 4.79 Å². The van der Waals surface area contributed by atoms with Gasteiger partial charge in [0.05, 0.1) is 11.2 Å². The van der Waals surface area contributed by atoms with E-state index in [1.165, 1.54) is 0 Å². The van der Waals surface area contributed by atoms with Crippen molar-refractivity contribution in [2.45, 2.75) is 12.8 Å². The fourth-order valence-corrected chi connectivity index (χ4v) is 2.66. The standard InChI is InChI=1S/C19H17ClN4O3/c20-15-4-2-1-3-14(15)16-11-22-18(27-16)10-9-17(25)23-12-5-7-13(8-6-12)24-19(21)26/h1-8,11H,9-10H2,(H,23,25)(H3,21,24,26). The van der Waals surface area contributed by atoms with Gasteiger partial charge in [0.2, 0.25) is 5.91 Å². The Morgan fingerprint density at radius 3 is 2.37 bits per heavy atom. The zero-order chi connectivity index (χ0) is 19.2. The van der Waals surface area contributed by atoms with E-state index < -0.39 is 6.03 Å². The minimum absolute atomic E-state index is 0.178. The lowest BCUT2D eigenvalue weighted by molar-refractivity contribution is -0.116. The SMILES string of the molecule is NC(=O)Nc1ccc(NC(=O)CCc2ncc(-c3ccccc3Cl)o2)cc1. The number of carbonyl (C=O) groups excluding carboxylic acids is 2. The number of nitrogens with zero attached hydrogens (tertiary/aromatic N) is 1. The highest BCUT2D eigenvalue weighted by Gasteiger charge is 2.11. The number of hydrogen-bond acceptors (Lipinski definition) is 4.